The molecule has 5 aromatic rings. The number of rotatable bonds is 6. The molecular formula is C23H22FN7. The van der Waals surface area contributed by atoms with Crippen LogP contribution in [0.1, 0.15) is 24.0 Å². The molecule has 0 saturated heterocycles. The van der Waals surface area contributed by atoms with Crippen molar-refractivity contribution in [3.63, 3.8) is 0 Å². The molecular weight excluding hydrogens is 393 g/mol. The van der Waals surface area contributed by atoms with E-state index >= 15 is 0 Å². The lowest BCUT2D eigenvalue weighted by atomic mass is 10.1. The monoisotopic (exact) mass is 415 g/mol. The van der Waals surface area contributed by atoms with Gasteiger partial charge in [-0.3, -0.25) is 8.97 Å². The summed E-state index contributed by atoms with van der Waals surface area (Å²) in [4.78, 5) is 16.9. The van der Waals surface area contributed by atoms with Crippen molar-refractivity contribution in [3.05, 3.63) is 78.7 Å². The van der Waals surface area contributed by atoms with E-state index < -0.39 is 0 Å². The lowest BCUT2D eigenvalue weighted by Gasteiger charge is -2.12. The number of aromatic amines is 1. The quantitative estimate of drug-likeness (QED) is 0.427. The zero-order valence-electron chi connectivity index (χ0n) is 17.4. The van der Waals surface area contributed by atoms with Gasteiger partial charge in [0.25, 0.3) is 0 Å². The van der Waals surface area contributed by atoms with Crippen LogP contribution in [-0.2, 0) is 6.42 Å². The molecule has 7 nitrogen and oxygen atoms in total. The molecule has 0 amide bonds. The molecule has 31 heavy (non-hydrogen) atoms. The highest BCUT2D eigenvalue weighted by Gasteiger charge is 2.14. The standard InChI is InChI=1S/C23H22FN7/c1-14(2)20-12-28-23-22(29-21(13-31(20)23)30-9-8-25-15(30)3)26-7-6-16-11-27-19-5-4-17(24)10-18(16)19/h4-5,8-13,27H,1,6-7H2,2-3H3,(H,26,29). The molecule has 0 bridgehead atoms. The number of benzene rings is 1. The van der Waals surface area contributed by atoms with Crippen molar-refractivity contribution in [1.82, 2.24) is 28.9 Å². The van der Waals surface area contributed by atoms with E-state index in [0.29, 0.717) is 18.8 Å². The Kier molecular flexibility index (Phi) is 4.54. The minimum absolute atomic E-state index is 0.238. The molecule has 0 aliphatic carbocycles. The Morgan fingerprint density at radius 1 is 1.29 bits per heavy atom. The van der Waals surface area contributed by atoms with Crippen LogP contribution in [0.3, 0.4) is 0 Å². The first-order chi connectivity index (χ1) is 15.0. The molecule has 0 fully saturated rings. The number of hydrogen-bond donors (Lipinski definition) is 2. The number of nitrogens with one attached hydrogen (secondary N) is 2. The fourth-order valence-electron chi connectivity index (χ4n) is 3.82. The summed E-state index contributed by atoms with van der Waals surface area (Å²) in [5.74, 6) is 2.01. The van der Waals surface area contributed by atoms with Crippen molar-refractivity contribution in [1.29, 1.82) is 0 Å². The highest BCUT2D eigenvalue weighted by Crippen LogP contribution is 2.23. The number of anilines is 1. The largest absolute Gasteiger partial charge is 0.367 e. The maximum absolute atomic E-state index is 13.7. The normalized spacial score (nSPS) is 11.5. The van der Waals surface area contributed by atoms with Gasteiger partial charge in [-0.05, 0) is 49.6 Å². The zero-order valence-corrected chi connectivity index (χ0v) is 17.4. The zero-order chi connectivity index (χ0) is 21.5. The van der Waals surface area contributed by atoms with Crippen molar-refractivity contribution >= 4 is 27.9 Å². The Bertz CT molecular complexity index is 1420. The van der Waals surface area contributed by atoms with Crippen LogP contribution < -0.4 is 5.32 Å². The number of H-pyrrole nitrogens is 1. The van der Waals surface area contributed by atoms with E-state index in [-0.39, 0.29) is 5.82 Å². The van der Waals surface area contributed by atoms with E-state index in [1.165, 1.54) is 6.07 Å². The summed E-state index contributed by atoms with van der Waals surface area (Å²) in [5.41, 5.74) is 4.54. The van der Waals surface area contributed by atoms with Crippen LogP contribution in [0.25, 0.3) is 27.9 Å². The number of aryl methyl sites for hydroxylation is 1. The molecule has 4 heterocycles. The van der Waals surface area contributed by atoms with Gasteiger partial charge >= 0.3 is 0 Å². The van der Waals surface area contributed by atoms with E-state index in [9.17, 15) is 4.39 Å². The van der Waals surface area contributed by atoms with Crippen molar-refractivity contribution in [2.75, 3.05) is 11.9 Å². The Morgan fingerprint density at radius 3 is 2.94 bits per heavy atom. The summed E-state index contributed by atoms with van der Waals surface area (Å²) in [6.07, 6.45) is 10.0. The van der Waals surface area contributed by atoms with Gasteiger partial charge in [0.1, 0.15) is 11.6 Å². The van der Waals surface area contributed by atoms with Crippen LogP contribution in [0.5, 0.6) is 0 Å². The Labute approximate surface area is 178 Å². The predicted octanol–water partition coefficient (Wildman–Crippen LogP) is 4.53. The SMILES string of the molecule is C=C(C)c1cnc2c(NCCc3c[nH]c4ccc(F)cc34)nc(-n3ccnc3C)cn12. The summed E-state index contributed by atoms with van der Waals surface area (Å²) >= 11 is 0. The van der Waals surface area contributed by atoms with Crippen LogP contribution in [0.2, 0.25) is 0 Å². The molecule has 156 valence electrons. The third kappa shape index (κ3) is 3.35. The Morgan fingerprint density at radius 2 is 2.16 bits per heavy atom. The summed E-state index contributed by atoms with van der Waals surface area (Å²) in [5, 5.41) is 4.31. The van der Waals surface area contributed by atoms with Crippen molar-refractivity contribution < 1.29 is 4.39 Å². The molecule has 0 spiro atoms. The van der Waals surface area contributed by atoms with Crippen LogP contribution in [0, 0.1) is 12.7 Å². The second-order valence-corrected chi connectivity index (χ2v) is 7.59. The number of fused-ring (bicyclic) bond motifs is 2. The third-order valence-corrected chi connectivity index (χ3v) is 5.41. The van der Waals surface area contributed by atoms with Crippen LogP contribution >= 0.6 is 0 Å². The van der Waals surface area contributed by atoms with Gasteiger partial charge in [0.15, 0.2) is 17.3 Å². The van der Waals surface area contributed by atoms with Gasteiger partial charge in [-0.15, -0.1) is 0 Å². The van der Waals surface area contributed by atoms with Gasteiger partial charge in [0, 0.05) is 36.0 Å². The molecule has 0 radical (unpaired) electrons. The number of aromatic nitrogens is 6. The molecule has 4 aromatic heterocycles. The number of hydrogen-bond acceptors (Lipinski definition) is 4. The highest BCUT2D eigenvalue weighted by atomic mass is 19.1. The van der Waals surface area contributed by atoms with Gasteiger partial charge in [-0.1, -0.05) is 6.58 Å². The minimum atomic E-state index is -0.238. The molecule has 8 heteroatoms. The van der Waals surface area contributed by atoms with Crippen molar-refractivity contribution in [2.24, 2.45) is 0 Å². The molecule has 2 N–H and O–H groups in total. The number of imidazole rings is 2. The van der Waals surface area contributed by atoms with E-state index in [2.05, 4.69) is 26.8 Å². The van der Waals surface area contributed by atoms with Gasteiger partial charge < -0.3 is 10.3 Å². The van der Waals surface area contributed by atoms with E-state index in [1.54, 1.807) is 24.5 Å². The average Bonchev–Trinajstić information content (AvgIpc) is 3.46. The van der Waals surface area contributed by atoms with Crippen molar-refractivity contribution in [2.45, 2.75) is 20.3 Å². The first kappa shape index (κ1) is 19.0. The number of halogens is 1. The fraction of sp³-hybridized carbons (Fsp3) is 0.174. The van der Waals surface area contributed by atoms with Crippen molar-refractivity contribution in [3.8, 4) is 5.82 Å². The van der Waals surface area contributed by atoms with Crippen LogP contribution in [0.4, 0.5) is 10.2 Å². The van der Waals surface area contributed by atoms with E-state index in [0.717, 1.165) is 45.0 Å². The lowest BCUT2D eigenvalue weighted by Crippen LogP contribution is -2.11. The molecule has 0 aliphatic rings. The summed E-state index contributed by atoms with van der Waals surface area (Å²) in [6.45, 7) is 8.57. The summed E-state index contributed by atoms with van der Waals surface area (Å²) in [6, 6.07) is 4.78. The van der Waals surface area contributed by atoms with Crippen LogP contribution in [0.15, 0.2) is 55.8 Å². The molecule has 0 atom stereocenters. The first-order valence-electron chi connectivity index (χ1n) is 10.0. The fourth-order valence-corrected chi connectivity index (χ4v) is 3.82. The van der Waals surface area contributed by atoms with Gasteiger partial charge in [0.2, 0.25) is 0 Å². The minimum Gasteiger partial charge on any atom is -0.367 e. The summed E-state index contributed by atoms with van der Waals surface area (Å²) in [7, 11) is 0. The molecule has 0 aliphatic heterocycles. The van der Waals surface area contributed by atoms with Gasteiger partial charge in [-0.25, -0.2) is 19.3 Å². The number of nitrogens with zero attached hydrogens (tertiary/aromatic N) is 5. The van der Waals surface area contributed by atoms with Crippen LogP contribution in [-0.4, -0.2) is 35.4 Å². The Balaban J connectivity index is 1.49. The van der Waals surface area contributed by atoms with Gasteiger partial charge in [-0.2, -0.15) is 0 Å². The topological polar surface area (TPSA) is 75.8 Å². The highest BCUT2D eigenvalue weighted by molar-refractivity contribution is 5.83. The van der Waals surface area contributed by atoms with Gasteiger partial charge in [0.05, 0.1) is 18.1 Å². The third-order valence-electron chi connectivity index (χ3n) is 5.41. The maximum atomic E-state index is 13.7. The molecule has 5 rings (SSSR count). The van der Waals surface area contributed by atoms with E-state index in [4.69, 9.17) is 4.98 Å². The maximum Gasteiger partial charge on any atom is 0.180 e. The molecule has 1 aromatic carbocycles. The second-order valence-electron chi connectivity index (χ2n) is 7.59. The number of allylic oxidation sites excluding steroid dienone is 1. The Hall–Kier alpha value is -3.94. The average molecular weight is 415 g/mol. The summed E-state index contributed by atoms with van der Waals surface area (Å²) < 4.78 is 17.6. The van der Waals surface area contributed by atoms with E-state index in [1.807, 2.05) is 41.4 Å². The lowest BCUT2D eigenvalue weighted by molar-refractivity contribution is 0.629. The molecule has 0 unspecified atom stereocenters. The second kappa shape index (κ2) is 7.39. The first-order valence-corrected chi connectivity index (χ1v) is 10.0. The molecule has 0 saturated carbocycles. The smallest absolute Gasteiger partial charge is 0.180 e. The predicted molar refractivity (Wildman–Crippen MR) is 120 cm³/mol.